The number of hydrogen-bond acceptors (Lipinski definition) is 4. The Morgan fingerprint density at radius 3 is 2.81 bits per heavy atom. The number of nitrogens with two attached hydrogens (primary N) is 1. The highest BCUT2D eigenvalue weighted by Gasteiger charge is 2.27. The van der Waals surface area contributed by atoms with E-state index in [2.05, 4.69) is 42.5 Å². The molecule has 1 aliphatic rings. The zero-order valence-corrected chi connectivity index (χ0v) is 13.2. The maximum Gasteiger partial charge on any atom is 0.0954 e. The number of para-hydroxylation sites is 1. The van der Waals surface area contributed by atoms with Crippen molar-refractivity contribution in [2.24, 2.45) is 5.73 Å². The molecular weight excluding hydrogens is 296 g/mol. The van der Waals surface area contributed by atoms with Gasteiger partial charge in [0, 0.05) is 22.6 Å². The van der Waals surface area contributed by atoms with Crippen molar-refractivity contribution < 1.29 is 0 Å². The van der Waals surface area contributed by atoms with Gasteiger partial charge in [-0.3, -0.25) is 0 Å². The molecule has 4 heteroatoms. The summed E-state index contributed by atoms with van der Waals surface area (Å²) < 4.78 is 1.25. The van der Waals surface area contributed by atoms with Gasteiger partial charge in [0.1, 0.15) is 0 Å². The Kier molecular flexibility index (Phi) is 3.45. The van der Waals surface area contributed by atoms with Crippen LogP contribution in [0.4, 0.5) is 0 Å². The average Bonchev–Trinajstić information content (AvgIpc) is 3.10. The van der Waals surface area contributed by atoms with Crippen molar-refractivity contribution in [1.29, 1.82) is 0 Å². The van der Waals surface area contributed by atoms with Crippen LogP contribution in [-0.4, -0.2) is 16.3 Å². The van der Waals surface area contributed by atoms with Crippen molar-refractivity contribution >= 4 is 33.3 Å². The van der Waals surface area contributed by atoms with E-state index in [9.17, 15) is 0 Å². The van der Waals surface area contributed by atoms with Crippen LogP contribution in [0, 0.1) is 0 Å². The second-order valence-corrected chi connectivity index (χ2v) is 7.81. The smallest absolute Gasteiger partial charge is 0.0954 e. The highest BCUT2D eigenvalue weighted by molar-refractivity contribution is 8.00. The largest absolute Gasteiger partial charge is 0.326 e. The number of rotatable bonds is 3. The first-order valence-corrected chi connectivity index (χ1v) is 8.84. The molecule has 21 heavy (non-hydrogen) atoms. The lowest BCUT2D eigenvalue weighted by Crippen LogP contribution is -2.34. The summed E-state index contributed by atoms with van der Waals surface area (Å²) in [5.41, 5.74) is 8.99. The molecule has 2 atom stereocenters. The van der Waals surface area contributed by atoms with E-state index in [1.54, 1.807) is 11.3 Å². The summed E-state index contributed by atoms with van der Waals surface area (Å²) in [6.07, 6.45) is 1.94. The summed E-state index contributed by atoms with van der Waals surface area (Å²) in [6.45, 7) is 0. The zero-order chi connectivity index (χ0) is 14.2. The molecule has 2 heterocycles. The number of aromatic nitrogens is 1. The Labute approximate surface area is 132 Å². The van der Waals surface area contributed by atoms with Crippen LogP contribution in [-0.2, 0) is 12.8 Å². The standard InChI is InChI=1S/C17H16N2S2/c18-12(16-9-11-5-1-3-7-14(11)20-16)10-17-19-13-6-2-4-8-15(13)21-17/h1-8,12,16H,9-10,18H2. The van der Waals surface area contributed by atoms with Crippen LogP contribution in [0.25, 0.3) is 10.2 Å². The minimum absolute atomic E-state index is 0.156. The molecule has 4 rings (SSSR count). The summed E-state index contributed by atoms with van der Waals surface area (Å²) >= 11 is 3.69. The third-order valence-corrected chi connectivity index (χ3v) is 6.43. The van der Waals surface area contributed by atoms with Gasteiger partial charge in [0.2, 0.25) is 0 Å². The molecule has 0 fully saturated rings. The topological polar surface area (TPSA) is 38.9 Å². The molecule has 0 spiro atoms. The second kappa shape index (κ2) is 5.44. The van der Waals surface area contributed by atoms with Crippen molar-refractivity contribution in [3.63, 3.8) is 0 Å². The van der Waals surface area contributed by atoms with E-state index in [1.807, 2.05) is 17.8 Å². The lowest BCUT2D eigenvalue weighted by atomic mass is 10.0. The SMILES string of the molecule is NC(Cc1nc2ccccc2s1)C1Cc2ccccc2S1. The van der Waals surface area contributed by atoms with Gasteiger partial charge in [-0.05, 0) is 30.2 Å². The van der Waals surface area contributed by atoms with E-state index in [-0.39, 0.29) is 6.04 Å². The molecule has 2 unspecified atom stereocenters. The fourth-order valence-electron chi connectivity index (χ4n) is 2.79. The molecule has 2 aromatic carbocycles. The van der Waals surface area contributed by atoms with Gasteiger partial charge < -0.3 is 5.73 Å². The molecule has 0 aliphatic carbocycles. The summed E-state index contributed by atoms with van der Waals surface area (Å²) in [6, 6.07) is 17.1. The van der Waals surface area contributed by atoms with Crippen molar-refractivity contribution in [2.45, 2.75) is 29.0 Å². The number of thiazole rings is 1. The van der Waals surface area contributed by atoms with Gasteiger partial charge in [-0.2, -0.15) is 0 Å². The number of benzene rings is 2. The second-order valence-electron chi connectivity index (χ2n) is 5.41. The Morgan fingerprint density at radius 2 is 1.95 bits per heavy atom. The Hall–Kier alpha value is -1.36. The monoisotopic (exact) mass is 312 g/mol. The van der Waals surface area contributed by atoms with E-state index >= 15 is 0 Å². The maximum atomic E-state index is 6.46. The van der Waals surface area contributed by atoms with Crippen molar-refractivity contribution in [3.05, 3.63) is 59.1 Å². The Balaban J connectivity index is 1.50. The summed E-state index contributed by atoms with van der Waals surface area (Å²) in [7, 11) is 0. The highest BCUT2D eigenvalue weighted by atomic mass is 32.2. The first kappa shape index (κ1) is 13.3. The van der Waals surface area contributed by atoms with Gasteiger partial charge >= 0.3 is 0 Å². The molecule has 1 aliphatic heterocycles. The van der Waals surface area contributed by atoms with Gasteiger partial charge in [-0.25, -0.2) is 4.98 Å². The minimum Gasteiger partial charge on any atom is -0.326 e. The minimum atomic E-state index is 0.156. The van der Waals surface area contributed by atoms with Crippen molar-refractivity contribution in [2.75, 3.05) is 0 Å². The molecule has 2 N–H and O–H groups in total. The van der Waals surface area contributed by atoms with Gasteiger partial charge in [-0.15, -0.1) is 23.1 Å². The molecule has 0 bridgehead atoms. The fraction of sp³-hybridized carbons (Fsp3) is 0.235. The number of thioether (sulfide) groups is 1. The summed E-state index contributed by atoms with van der Waals surface area (Å²) in [5, 5.41) is 1.62. The Bertz CT molecular complexity index is 723. The number of hydrogen-bond donors (Lipinski definition) is 1. The van der Waals surface area contributed by atoms with Crippen LogP contribution in [0.15, 0.2) is 53.4 Å². The van der Waals surface area contributed by atoms with Crippen LogP contribution in [0.5, 0.6) is 0 Å². The van der Waals surface area contributed by atoms with E-state index in [4.69, 9.17) is 10.7 Å². The van der Waals surface area contributed by atoms with E-state index < -0.39 is 0 Å². The molecule has 106 valence electrons. The van der Waals surface area contributed by atoms with Gasteiger partial charge in [-0.1, -0.05) is 30.3 Å². The lowest BCUT2D eigenvalue weighted by molar-refractivity contribution is 0.631. The van der Waals surface area contributed by atoms with Crippen molar-refractivity contribution in [1.82, 2.24) is 4.98 Å². The van der Waals surface area contributed by atoms with Crippen LogP contribution in [0.1, 0.15) is 10.6 Å². The molecule has 1 aromatic heterocycles. The van der Waals surface area contributed by atoms with E-state index in [0.717, 1.165) is 23.4 Å². The molecule has 0 amide bonds. The summed E-state index contributed by atoms with van der Waals surface area (Å²) in [5.74, 6) is 0. The lowest BCUT2D eigenvalue weighted by Gasteiger charge is -2.16. The third-order valence-electron chi connectivity index (χ3n) is 3.90. The predicted octanol–water partition coefficient (Wildman–Crippen LogP) is 3.88. The Morgan fingerprint density at radius 1 is 1.14 bits per heavy atom. The number of nitrogens with zero attached hydrogens (tertiary/aromatic N) is 1. The van der Waals surface area contributed by atoms with Crippen LogP contribution < -0.4 is 5.73 Å². The van der Waals surface area contributed by atoms with Gasteiger partial charge in [0.05, 0.1) is 15.2 Å². The normalized spacial score (nSPS) is 18.8. The molecule has 0 radical (unpaired) electrons. The van der Waals surface area contributed by atoms with Crippen LogP contribution in [0.2, 0.25) is 0 Å². The molecule has 0 saturated carbocycles. The van der Waals surface area contributed by atoms with Gasteiger partial charge in [0.25, 0.3) is 0 Å². The van der Waals surface area contributed by atoms with E-state index in [1.165, 1.54) is 15.2 Å². The first-order chi connectivity index (χ1) is 10.3. The summed E-state index contributed by atoms with van der Waals surface area (Å²) in [4.78, 5) is 6.09. The third kappa shape index (κ3) is 2.59. The van der Waals surface area contributed by atoms with Gasteiger partial charge in [0.15, 0.2) is 0 Å². The first-order valence-electron chi connectivity index (χ1n) is 7.14. The predicted molar refractivity (Wildman–Crippen MR) is 91.1 cm³/mol. The quantitative estimate of drug-likeness (QED) is 0.797. The maximum absolute atomic E-state index is 6.46. The van der Waals surface area contributed by atoms with Crippen LogP contribution >= 0.6 is 23.1 Å². The molecular formula is C17H16N2S2. The zero-order valence-electron chi connectivity index (χ0n) is 11.5. The molecule has 0 saturated heterocycles. The van der Waals surface area contributed by atoms with Crippen molar-refractivity contribution in [3.8, 4) is 0 Å². The average molecular weight is 312 g/mol. The number of fused-ring (bicyclic) bond motifs is 2. The van der Waals surface area contributed by atoms with E-state index in [0.29, 0.717) is 5.25 Å². The highest BCUT2D eigenvalue weighted by Crippen LogP contribution is 2.38. The fourth-order valence-corrected chi connectivity index (χ4v) is 5.15. The molecule has 2 nitrogen and oxygen atoms in total. The van der Waals surface area contributed by atoms with Crippen LogP contribution in [0.3, 0.4) is 0 Å². The molecule has 3 aromatic rings.